The molecule has 6 N–H and O–H groups in total. The maximum atomic E-state index is 12.1. The normalized spacial score (nSPS) is 10.7. The van der Waals surface area contributed by atoms with E-state index < -0.39 is 5.91 Å². The van der Waals surface area contributed by atoms with Gasteiger partial charge in [-0.25, -0.2) is 15.0 Å². The molecule has 21 heavy (non-hydrogen) atoms. The molecule has 106 valence electrons. The number of carbonyl (C=O) groups excluding carboxylic acids is 1. The van der Waals surface area contributed by atoms with Gasteiger partial charge in [0.1, 0.15) is 0 Å². The Hall–Kier alpha value is -2.87. The lowest BCUT2D eigenvalue weighted by Crippen LogP contribution is -2.18. The van der Waals surface area contributed by atoms with Gasteiger partial charge >= 0.3 is 0 Å². The first-order valence-corrected chi connectivity index (χ1v) is 6.27. The van der Waals surface area contributed by atoms with E-state index in [4.69, 9.17) is 23.1 Å². The molecule has 0 aliphatic rings. The zero-order chi connectivity index (χ0) is 15.0. The SMILES string of the molecule is Nc1nc(N)c(C(=O)Nc2nc3ccccc3[nH]2)nc1Cl. The highest BCUT2D eigenvalue weighted by Crippen LogP contribution is 2.19. The number of nitrogen functional groups attached to an aromatic ring is 2. The number of imidazole rings is 1. The maximum absolute atomic E-state index is 12.1. The highest BCUT2D eigenvalue weighted by Gasteiger charge is 2.17. The second-order valence-corrected chi connectivity index (χ2v) is 4.55. The Balaban J connectivity index is 1.91. The number of nitrogens with zero attached hydrogens (tertiary/aromatic N) is 3. The number of rotatable bonds is 2. The number of nitrogens with two attached hydrogens (primary N) is 2. The van der Waals surface area contributed by atoms with E-state index in [2.05, 4.69) is 25.3 Å². The van der Waals surface area contributed by atoms with Gasteiger partial charge in [-0.2, -0.15) is 0 Å². The molecule has 0 saturated carbocycles. The van der Waals surface area contributed by atoms with Crippen molar-refractivity contribution in [3.63, 3.8) is 0 Å². The summed E-state index contributed by atoms with van der Waals surface area (Å²) in [5.74, 6) is -0.448. The lowest BCUT2D eigenvalue weighted by Gasteiger charge is -2.05. The highest BCUT2D eigenvalue weighted by atomic mass is 35.5. The van der Waals surface area contributed by atoms with E-state index in [1.54, 1.807) is 0 Å². The van der Waals surface area contributed by atoms with Crippen molar-refractivity contribution in [2.24, 2.45) is 0 Å². The van der Waals surface area contributed by atoms with E-state index in [0.29, 0.717) is 0 Å². The van der Waals surface area contributed by atoms with Gasteiger partial charge in [0.2, 0.25) is 5.95 Å². The first-order chi connectivity index (χ1) is 10.0. The van der Waals surface area contributed by atoms with Crippen LogP contribution in [0.15, 0.2) is 24.3 Å². The van der Waals surface area contributed by atoms with Gasteiger partial charge in [0.25, 0.3) is 5.91 Å². The Morgan fingerprint density at radius 2 is 1.90 bits per heavy atom. The zero-order valence-corrected chi connectivity index (χ0v) is 11.3. The third kappa shape index (κ3) is 2.43. The Labute approximate surface area is 123 Å². The van der Waals surface area contributed by atoms with E-state index >= 15 is 0 Å². The largest absolute Gasteiger partial charge is 0.382 e. The van der Waals surface area contributed by atoms with Crippen molar-refractivity contribution >= 4 is 46.1 Å². The number of para-hydroxylation sites is 2. The van der Waals surface area contributed by atoms with Gasteiger partial charge in [-0.1, -0.05) is 23.7 Å². The molecule has 0 aliphatic carbocycles. The number of halogens is 1. The van der Waals surface area contributed by atoms with Gasteiger partial charge in [0, 0.05) is 0 Å². The van der Waals surface area contributed by atoms with Crippen LogP contribution >= 0.6 is 11.6 Å². The molecule has 0 radical (unpaired) electrons. The lowest BCUT2D eigenvalue weighted by atomic mass is 10.3. The summed E-state index contributed by atoms with van der Waals surface area (Å²) in [6, 6.07) is 7.36. The van der Waals surface area contributed by atoms with Crippen LogP contribution < -0.4 is 16.8 Å². The van der Waals surface area contributed by atoms with E-state index in [1.807, 2.05) is 24.3 Å². The van der Waals surface area contributed by atoms with Crippen molar-refractivity contribution in [2.75, 3.05) is 16.8 Å². The first-order valence-electron chi connectivity index (χ1n) is 5.89. The van der Waals surface area contributed by atoms with Gasteiger partial charge in [0.05, 0.1) is 11.0 Å². The Bertz CT molecular complexity index is 812. The van der Waals surface area contributed by atoms with Gasteiger partial charge in [-0.05, 0) is 12.1 Å². The number of anilines is 3. The molecular formula is C12H10ClN7O. The number of hydrogen-bond acceptors (Lipinski definition) is 6. The van der Waals surface area contributed by atoms with Crippen molar-refractivity contribution in [1.29, 1.82) is 0 Å². The fraction of sp³-hybridized carbons (Fsp3) is 0. The monoisotopic (exact) mass is 303 g/mol. The molecule has 1 amide bonds. The van der Waals surface area contributed by atoms with Crippen molar-refractivity contribution in [3.8, 4) is 0 Å². The Kier molecular flexibility index (Phi) is 3.07. The van der Waals surface area contributed by atoms with Gasteiger partial charge < -0.3 is 16.5 Å². The summed E-state index contributed by atoms with van der Waals surface area (Å²) < 4.78 is 0. The second-order valence-electron chi connectivity index (χ2n) is 4.19. The lowest BCUT2D eigenvalue weighted by molar-refractivity contribution is 0.102. The molecule has 0 bridgehead atoms. The van der Waals surface area contributed by atoms with Gasteiger partial charge in [0.15, 0.2) is 22.5 Å². The van der Waals surface area contributed by atoms with Crippen molar-refractivity contribution < 1.29 is 4.79 Å². The topological polar surface area (TPSA) is 136 Å². The van der Waals surface area contributed by atoms with E-state index in [1.165, 1.54) is 0 Å². The third-order valence-corrected chi connectivity index (χ3v) is 3.02. The minimum Gasteiger partial charge on any atom is -0.382 e. The summed E-state index contributed by atoms with van der Waals surface area (Å²) in [6.07, 6.45) is 0. The van der Waals surface area contributed by atoms with Crippen LogP contribution in [0.1, 0.15) is 10.5 Å². The summed E-state index contributed by atoms with van der Waals surface area (Å²) in [4.78, 5) is 26.9. The molecule has 2 aromatic heterocycles. The molecule has 0 unspecified atom stereocenters. The number of aromatic nitrogens is 4. The zero-order valence-electron chi connectivity index (χ0n) is 10.6. The summed E-state index contributed by atoms with van der Waals surface area (Å²) in [6.45, 7) is 0. The highest BCUT2D eigenvalue weighted by molar-refractivity contribution is 6.31. The number of hydrogen-bond donors (Lipinski definition) is 4. The van der Waals surface area contributed by atoms with Crippen molar-refractivity contribution in [2.45, 2.75) is 0 Å². The molecule has 0 aliphatic heterocycles. The number of nitrogens with one attached hydrogen (secondary N) is 2. The van der Waals surface area contributed by atoms with Crippen LogP contribution in [0.3, 0.4) is 0 Å². The quantitative estimate of drug-likeness (QED) is 0.565. The third-order valence-electron chi connectivity index (χ3n) is 2.74. The predicted octanol–water partition coefficient (Wildman–Crippen LogP) is 1.42. The number of fused-ring (bicyclic) bond motifs is 1. The molecule has 0 spiro atoms. The Morgan fingerprint density at radius 3 is 2.67 bits per heavy atom. The summed E-state index contributed by atoms with van der Waals surface area (Å²) in [5, 5.41) is 2.46. The molecule has 0 fully saturated rings. The Morgan fingerprint density at radius 1 is 1.14 bits per heavy atom. The van der Waals surface area contributed by atoms with Crippen LogP contribution in [0, 0.1) is 0 Å². The van der Waals surface area contributed by atoms with Crippen LogP contribution in [0.5, 0.6) is 0 Å². The molecule has 0 atom stereocenters. The smallest absolute Gasteiger partial charge is 0.280 e. The minimum absolute atomic E-state index is 0.0329. The summed E-state index contributed by atoms with van der Waals surface area (Å²) in [5.41, 5.74) is 12.5. The molecule has 1 aromatic carbocycles. The summed E-state index contributed by atoms with van der Waals surface area (Å²) in [7, 11) is 0. The average molecular weight is 304 g/mol. The second kappa shape index (κ2) is 4.91. The number of amides is 1. The fourth-order valence-electron chi connectivity index (χ4n) is 1.79. The van der Waals surface area contributed by atoms with Crippen LogP contribution in [0.2, 0.25) is 5.15 Å². The van der Waals surface area contributed by atoms with Gasteiger partial charge in [-0.15, -0.1) is 0 Å². The van der Waals surface area contributed by atoms with Gasteiger partial charge in [-0.3, -0.25) is 10.1 Å². The first kappa shape index (κ1) is 13.1. The van der Waals surface area contributed by atoms with Crippen molar-refractivity contribution in [1.82, 2.24) is 19.9 Å². The van der Waals surface area contributed by atoms with Crippen molar-refractivity contribution in [3.05, 3.63) is 35.1 Å². The molecule has 3 aromatic rings. The number of benzene rings is 1. The molecule has 9 heteroatoms. The van der Waals surface area contributed by atoms with Crippen LogP contribution in [0.4, 0.5) is 17.6 Å². The summed E-state index contributed by atoms with van der Waals surface area (Å²) >= 11 is 5.74. The molecular weight excluding hydrogens is 294 g/mol. The predicted molar refractivity (Wildman–Crippen MR) is 79.9 cm³/mol. The number of aromatic amines is 1. The molecule has 3 rings (SSSR count). The van der Waals surface area contributed by atoms with Crippen LogP contribution in [-0.4, -0.2) is 25.8 Å². The molecule has 0 saturated heterocycles. The minimum atomic E-state index is -0.582. The van der Waals surface area contributed by atoms with E-state index in [9.17, 15) is 4.79 Å². The standard InChI is InChI=1S/C12H10ClN7O/c13-8-10(15)19-9(14)7(18-8)11(21)20-12-16-5-3-1-2-4-6(5)17-12/h1-4H,(H4,14,15,19)(H2,16,17,20,21). The number of carbonyl (C=O) groups is 1. The molecule has 2 heterocycles. The van der Waals surface area contributed by atoms with Crippen LogP contribution in [0.25, 0.3) is 11.0 Å². The van der Waals surface area contributed by atoms with E-state index in [0.717, 1.165) is 11.0 Å². The maximum Gasteiger partial charge on any atom is 0.280 e. The number of H-pyrrole nitrogens is 1. The van der Waals surface area contributed by atoms with E-state index in [-0.39, 0.29) is 28.4 Å². The van der Waals surface area contributed by atoms with Crippen LogP contribution in [-0.2, 0) is 0 Å². The molecule has 8 nitrogen and oxygen atoms in total. The fourth-order valence-corrected chi connectivity index (χ4v) is 1.91. The average Bonchev–Trinajstić information content (AvgIpc) is 2.84.